The van der Waals surface area contributed by atoms with Crippen molar-refractivity contribution in [1.82, 2.24) is 10.6 Å². The van der Waals surface area contributed by atoms with Gasteiger partial charge in [-0.05, 0) is 18.2 Å². The third kappa shape index (κ3) is 3.39. The second-order valence-electron chi connectivity index (χ2n) is 4.90. The highest BCUT2D eigenvalue weighted by atomic mass is 16.5. The molecule has 0 saturated heterocycles. The van der Waals surface area contributed by atoms with Crippen molar-refractivity contribution in [2.75, 3.05) is 13.2 Å². The van der Waals surface area contributed by atoms with Gasteiger partial charge < -0.3 is 15.4 Å². The summed E-state index contributed by atoms with van der Waals surface area (Å²) in [6.07, 6.45) is 0. The summed E-state index contributed by atoms with van der Waals surface area (Å²) in [6, 6.07) is 17.0. The fourth-order valence-electron chi connectivity index (χ4n) is 2.28. The number of carbonyl (C=O) groups is 1. The van der Waals surface area contributed by atoms with E-state index in [1.165, 1.54) is 0 Å². The number of amides is 2. The van der Waals surface area contributed by atoms with Crippen molar-refractivity contribution in [1.29, 1.82) is 0 Å². The minimum absolute atomic E-state index is 0.113. The summed E-state index contributed by atoms with van der Waals surface area (Å²) < 4.78 is 5.52. The van der Waals surface area contributed by atoms with Crippen molar-refractivity contribution in [3.8, 4) is 17.6 Å². The highest BCUT2D eigenvalue weighted by Gasteiger charge is 2.24. The van der Waals surface area contributed by atoms with Gasteiger partial charge in [0.05, 0.1) is 12.6 Å². The van der Waals surface area contributed by atoms with Crippen molar-refractivity contribution in [2.45, 2.75) is 6.04 Å². The number of hydrogen-bond donors (Lipinski definition) is 2. The van der Waals surface area contributed by atoms with Gasteiger partial charge in [-0.3, -0.25) is 0 Å². The number of carbonyl (C=O) groups excluding carboxylic acids is 1. The summed E-state index contributed by atoms with van der Waals surface area (Å²) in [5.41, 5.74) is 1.94. The largest absolute Gasteiger partial charge is 0.491 e. The number of benzene rings is 2. The normalized spacial score (nSPS) is 15.0. The number of hydrogen-bond acceptors (Lipinski definition) is 2. The monoisotopic (exact) mass is 292 g/mol. The van der Waals surface area contributed by atoms with Crippen LogP contribution in [0, 0.1) is 11.8 Å². The molecule has 0 unspecified atom stereocenters. The number of fused-ring (bicyclic) bond motifs is 1. The molecule has 2 aromatic rings. The average Bonchev–Trinajstić information content (AvgIpc) is 2.96. The van der Waals surface area contributed by atoms with Gasteiger partial charge in [-0.2, -0.15) is 0 Å². The molecule has 0 saturated carbocycles. The van der Waals surface area contributed by atoms with Crippen LogP contribution >= 0.6 is 0 Å². The molecular formula is C18H16N2O2. The first kappa shape index (κ1) is 14.0. The molecule has 1 atom stereocenters. The van der Waals surface area contributed by atoms with E-state index in [1.54, 1.807) is 0 Å². The maximum atomic E-state index is 11.9. The quantitative estimate of drug-likeness (QED) is 0.835. The van der Waals surface area contributed by atoms with Crippen molar-refractivity contribution in [3.05, 3.63) is 65.7 Å². The maximum absolute atomic E-state index is 11.9. The first-order valence-electron chi connectivity index (χ1n) is 7.13. The van der Waals surface area contributed by atoms with Gasteiger partial charge in [-0.1, -0.05) is 48.2 Å². The standard InChI is InChI=1S/C18H16N2O2/c21-18(19-12-6-9-14-7-2-1-3-8-14)20-16-13-22-17-11-5-4-10-15(16)17/h1-5,7-8,10-11,16H,12-13H2,(H2,19,20,21)/t16-/m1/s1. The first-order chi connectivity index (χ1) is 10.8. The Morgan fingerprint density at radius 3 is 2.77 bits per heavy atom. The summed E-state index contributed by atoms with van der Waals surface area (Å²) in [6.45, 7) is 0.762. The number of rotatable bonds is 2. The van der Waals surface area contributed by atoms with Crippen LogP contribution < -0.4 is 15.4 Å². The molecule has 22 heavy (non-hydrogen) atoms. The van der Waals surface area contributed by atoms with Gasteiger partial charge in [-0.15, -0.1) is 0 Å². The van der Waals surface area contributed by atoms with Crippen LogP contribution in [0.1, 0.15) is 17.2 Å². The molecule has 0 spiro atoms. The highest BCUT2D eigenvalue weighted by molar-refractivity contribution is 5.75. The van der Waals surface area contributed by atoms with Gasteiger partial charge >= 0.3 is 6.03 Å². The third-order valence-corrected chi connectivity index (χ3v) is 3.35. The number of ether oxygens (including phenoxy) is 1. The van der Waals surface area contributed by atoms with E-state index >= 15 is 0 Å². The molecule has 1 aliphatic heterocycles. The lowest BCUT2D eigenvalue weighted by Gasteiger charge is -2.11. The maximum Gasteiger partial charge on any atom is 0.316 e. The predicted octanol–water partition coefficient (Wildman–Crippen LogP) is 2.47. The SMILES string of the molecule is O=C(NCC#Cc1ccccc1)N[C@@H]1COc2ccccc21. The van der Waals surface area contributed by atoms with Gasteiger partial charge in [0.2, 0.25) is 0 Å². The molecule has 3 rings (SSSR count). The second-order valence-corrected chi connectivity index (χ2v) is 4.90. The zero-order valence-corrected chi connectivity index (χ0v) is 12.0. The van der Waals surface area contributed by atoms with Crippen LogP contribution in [-0.4, -0.2) is 19.2 Å². The minimum Gasteiger partial charge on any atom is -0.491 e. The Balaban J connectivity index is 1.49. The third-order valence-electron chi connectivity index (χ3n) is 3.35. The van der Waals surface area contributed by atoms with Gasteiger partial charge in [0, 0.05) is 11.1 Å². The van der Waals surface area contributed by atoms with Gasteiger partial charge in [0.25, 0.3) is 0 Å². The van der Waals surface area contributed by atoms with Gasteiger partial charge in [0.15, 0.2) is 0 Å². The van der Waals surface area contributed by atoms with E-state index in [-0.39, 0.29) is 12.1 Å². The first-order valence-corrected chi connectivity index (χ1v) is 7.13. The molecule has 1 aliphatic rings. The molecular weight excluding hydrogens is 276 g/mol. The lowest BCUT2D eigenvalue weighted by atomic mass is 10.1. The van der Waals surface area contributed by atoms with Crippen molar-refractivity contribution in [2.24, 2.45) is 0 Å². The smallest absolute Gasteiger partial charge is 0.316 e. The van der Waals surface area contributed by atoms with Crippen LogP contribution in [0.4, 0.5) is 4.79 Å². The molecule has 0 aliphatic carbocycles. The summed E-state index contributed by atoms with van der Waals surface area (Å²) in [4.78, 5) is 11.9. The number of urea groups is 1. The topological polar surface area (TPSA) is 50.4 Å². The average molecular weight is 292 g/mol. The van der Waals surface area contributed by atoms with E-state index in [4.69, 9.17) is 4.74 Å². The number of para-hydroxylation sites is 1. The zero-order chi connectivity index (χ0) is 15.2. The van der Waals surface area contributed by atoms with E-state index < -0.39 is 0 Å². The van der Waals surface area contributed by atoms with Crippen LogP contribution in [0.5, 0.6) is 5.75 Å². The molecule has 0 bridgehead atoms. The molecule has 0 fully saturated rings. The summed E-state index contributed by atoms with van der Waals surface area (Å²) >= 11 is 0. The molecule has 4 heteroatoms. The van der Waals surface area contributed by atoms with Crippen molar-refractivity contribution < 1.29 is 9.53 Å². The van der Waals surface area contributed by atoms with Gasteiger partial charge in [0.1, 0.15) is 12.4 Å². The van der Waals surface area contributed by atoms with Crippen LogP contribution in [0.25, 0.3) is 0 Å². The Morgan fingerprint density at radius 1 is 1.14 bits per heavy atom. The minimum atomic E-state index is -0.243. The van der Waals surface area contributed by atoms with Crippen LogP contribution in [0.3, 0.4) is 0 Å². The summed E-state index contributed by atoms with van der Waals surface area (Å²) in [5, 5.41) is 5.62. The van der Waals surface area contributed by atoms with E-state index in [0.29, 0.717) is 13.2 Å². The fraction of sp³-hybridized carbons (Fsp3) is 0.167. The molecule has 2 N–H and O–H groups in total. The molecule has 110 valence electrons. The second kappa shape index (κ2) is 6.68. The predicted molar refractivity (Wildman–Crippen MR) is 84.5 cm³/mol. The van der Waals surface area contributed by atoms with E-state index in [0.717, 1.165) is 16.9 Å². The Kier molecular flexibility index (Phi) is 4.26. The zero-order valence-electron chi connectivity index (χ0n) is 12.0. The Bertz CT molecular complexity index is 717. The summed E-state index contributed by atoms with van der Waals surface area (Å²) in [5.74, 6) is 6.75. The molecule has 0 aromatic heterocycles. The molecule has 1 heterocycles. The molecule has 4 nitrogen and oxygen atoms in total. The van der Waals surface area contributed by atoms with E-state index in [9.17, 15) is 4.79 Å². The van der Waals surface area contributed by atoms with Crippen LogP contribution in [0.2, 0.25) is 0 Å². The molecule has 0 radical (unpaired) electrons. The number of nitrogens with one attached hydrogen (secondary N) is 2. The van der Waals surface area contributed by atoms with Crippen LogP contribution in [0.15, 0.2) is 54.6 Å². The highest BCUT2D eigenvalue weighted by Crippen LogP contribution is 2.31. The molecule has 2 amide bonds. The lowest BCUT2D eigenvalue weighted by Crippen LogP contribution is -2.38. The Labute approximate surface area is 129 Å². The van der Waals surface area contributed by atoms with E-state index in [1.807, 2.05) is 54.6 Å². The van der Waals surface area contributed by atoms with Crippen molar-refractivity contribution in [3.63, 3.8) is 0 Å². The summed E-state index contributed by atoms with van der Waals surface area (Å²) in [7, 11) is 0. The van der Waals surface area contributed by atoms with E-state index in [2.05, 4.69) is 22.5 Å². The molecule has 2 aromatic carbocycles. The van der Waals surface area contributed by atoms with Gasteiger partial charge in [-0.25, -0.2) is 4.79 Å². The fourth-order valence-corrected chi connectivity index (χ4v) is 2.28. The van der Waals surface area contributed by atoms with Crippen LogP contribution in [-0.2, 0) is 0 Å². The Morgan fingerprint density at radius 2 is 1.91 bits per heavy atom. The lowest BCUT2D eigenvalue weighted by molar-refractivity contribution is 0.233. The van der Waals surface area contributed by atoms with Crippen molar-refractivity contribution >= 4 is 6.03 Å². The Hall–Kier alpha value is -2.93.